The van der Waals surface area contributed by atoms with Crippen molar-refractivity contribution >= 4 is 11.6 Å². The Morgan fingerprint density at radius 1 is 0.960 bits per heavy atom. The molecule has 1 aliphatic carbocycles. The van der Waals surface area contributed by atoms with Gasteiger partial charge < -0.3 is 4.42 Å². The molecule has 0 spiro atoms. The summed E-state index contributed by atoms with van der Waals surface area (Å²) in [5, 5.41) is 0. The number of benzene rings is 2. The standard InChI is InChI=1S/C24H24O/c1-4-21-12-13-24(25-21)20-14-19-6-5-7-22(23(19)15-20)18-10-8-17(9-11-18)16(2)3/h5-13,15-16H,4,14H2,1-3H3. The second-order valence-electron chi connectivity index (χ2n) is 7.12. The molecule has 0 radical (unpaired) electrons. The molecule has 0 fully saturated rings. The van der Waals surface area contributed by atoms with E-state index in [1.807, 2.05) is 0 Å². The molecule has 0 bridgehead atoms. The van der Waals surface area contributed by atoms with E-state index in [1.165, 1.54) is 33.4 Å². The third-order valence-corrected chi connectivity index (χ3v) is 5.11. The monoisotopic (exact) mass is 328 g/mol. The van der Waals surface area contributed by atoms with Gasteiger partial charge >= 0.3 is 0 Å². The quantitative estimate of drug-likeness (QED) is 0.517. The first-order valence-corrected chi connectivity index (χ1v) is 9.17. The fraction of sp³-hybridized carbons (Fsp3) is 0.250. The predicted molar refractivity (Wildman–Crippen MR) is 106 cm³/mol. The van der Waals surface area contributed by atoms with Gasteiger partial charge in [0.25, 0.3) is 0 Å². The van der Waals surface area contributed by atoms with Gasteiger partial charge in [-0.25, -0.2) is 0 Å². The highest BCUT2D eigenvalue weighted by Gasteiger charge is 2.19. The van der Waals surface area contributed by atoms with Crippen molar-refractivity contribution in [1.29, 1.82) is 0 Å². The van der Waals surface area contributed by atoms with Crippen LogP contribution in [0, 0.1) is 0 Å². The average molecular weight is 328 g/mol. The van der Waals surface area contributed by atoms with E-state index in [4.69, 9.17) is 4.42 Å². The van der Waals surface area contributed by atoms with Crippen LogP contribution in [0.5, 0.6) is 0 Å². The summed E-state index contributed by atoms with van der Waals surface area (Å²) in [5.74, 6) is 2.62. The Hall–Kier alpha value is -2.54. The van der Waals surface area contributed by atoms with Crippen LogP contribution in [-0.2, 0) is 12.8 Å². The Kier molecular flexibility index (Phi) is 4.09. The van der Waals surface area contributed by atoms with Crippen molar-refractivity contribution in [1.82, 2.24) is 0 Å². The van der Waals surface area contributed by atoms with Crippen molar-refractivity contribution in [3.8, 4) is 11.1 Å². The van der Waals surface area contributed by atoms with Crippen molar-refractivity contribution in [3.05, 3.63) is 82.8 Å². The predicted octanol–water partition coefficient (Wildman–Crippen LogP) is 6.73. The van der Waals surface area contributed by atoms with Crippen LogP contribution in [0.15, 0.2) is 59.0 Å². The van der Waals surface area contributed by atoms with Gasteiger partial charge in [0.2, 0.25) is 0 Å². The molecule has 2 aromatic carbocycles. The summed E-state index contributed by atoms with van der Waals surface area (Å²) >= 11 is 0. The first-order chi connectivity index (χ1) is 12.2. The van der Waals surface area contributed by atoms with Crippen molar-refractivity contribution in [2.24, 2.45) is 0 Å². The van der Waals surface area contributed by atoms with E-state index in [2.05, 4.69) is 81.4 Å². The molecule has 25 heavy (non-hydrogen) atoms. The summed E-state index contributed by atoms with van der Waals surface area (Å²) in [5.41, 5.74) is 7.98. The highest BCUT2D eigenvalue weighted by molar-refractivity contribution is 5.92. The number of rotatable bonds is 4. The van der Waals surface area contributed by atoms with Crippen LogP contribution in [0.3, 0.4) is 0 Å². The van der Waals surface area contributed by atoms with E-state index in [1.54, 1.807) is 0 Å². The molecular weight excluding hydrogens is 304 g/mol. The van der Waals surface area contributed by atoms with Gasteiger partial charge in [0, 0.05) is 12.8 Å². The molecule has 4 rings (SSSR count). The zero-order chi connectivity index (χ0) is 17.4. The molecule has 126 valence electrons. The number of hydrogen-bond acceptors (Lipinski definition) is 1. The van der Waals surface area contributed by atoms with Gasteiger partial charge in [0.05, 0.1) is 0 Å². The van der Waals surface area contributed by atoms with Crippen LogP contribution in [0.2, 0.25) is 0 Å². The molecule has 1 heteroatoms. The molecule has 0 N–H and O–H groups in total. The number of hydrogen-bond donors (Lipinski definition) is 0. The second-order valence-corrected chi connectivity index (χ2v) is 7.12. The lowest BCUT2D eigenvalue weighted by molar-refractivity contribution is 0.503. The van der Waals surface area contributed by atoms with Gasteiger partial charge in [-0.2, -0.15) is 0 Å². The largest absolute Gasteiger partial charge is 0.461 e. The number of furan rings is 1. The lowest BCUT2D eigenvalue weighted by Crippen LogP contribution is -1.89. The third kappa shape index (κ3) is 2.95. The van der Waals surface area contributed by atoms with Crippen LogP contribution in [0.1, 0.15) is 54.9 Å². The molecule has 0 unspecified atom stereocenters. The normalized spacial score (nSPS) is 13.2. The first kappa shape index (κ1) is 16.0. The van der Waals surface area contributed by atoms with E-state index in [-0.39, 0.29) is 0 Å². The molecule has 1 aromatic heterocycles. The van der Waals surface area contributed by atoms with Crippen molar-refractivity contribution in [2.45, 2.75) is 39.5 Å². The van der Waals surface area contributed by atoms with Crippen LogP contribution >= 0.6 is 0 Å². The summed E-state index contributed by atoms with van der Waals surface area (Å²) in [6.45, 7) is 6.59. The summed E-state index contributed by atoms with van der Waals surface area (Å²) in [4.78, 5) is 0. The maximum atomic E-state index is 5.97. The second kappa shape index (κ2) is 6.40. The summed E-state index contributed by atoms with van der Waals surface area (Å²) in [7, 11) is 0. The van der Waals surface area contributed by atoms with Crippen LogP contribution < -0.4 is 0 Å². The number of fused-ring (bicyclic) bond motifs is 1. The number of aryl methyl sites for hydroxylation is 1. The lowest BCUT2D eigenvalue weighted by Gasteiger charge is -2.10. The maximum absolute atomic E-state index is 5.97. The minimum Gasteiger partial charge on any atom is -0.461 e. The van der Waals surface area contributed by atoms with Crippen molar-refractivity contribution < 1.29 is 4.42 Å². The van der Waals surface area contributed by atoms with Crippen molar-refractivity contribution in [2.75, 3.05) is 0 Å². The fourth-order valence-electron chi connectivity index (χ4n) is 3.57. The van der Waals surface area contributed by atoms with E-state index in [0.717, 1.165) is 24.4 Å². The summed E-state index contributed by atoms with van der Waals surface area (Å²) in [6.07, 6.45) is 4.19. The third-order valence-electron chi connectivity index (χ3n) is 5.11. The fourth-order valence-corrected chi connectivity index (χ4v) is 3.57. The van der Waals surface area contributed by atoms with E-state index in [9.17, 15) is 0 Å². The van der Waals surface area contributed by atoms with E-state index in [0.29, 0.717) is 5.92 Å². The minimum absolute atomic E-state index is 0.564. The Morgan fingerprint density at radius 3 is 2.44 bits per heavy atom. The molecule has 1 heterocycles. The molecular formula is C24H24O. The van der Waals surface area contributed by atoms with Gasteiger partial charge in [-0.05, 0) is 57.5 Å². The minimum atomic E-state index is 0.564. The Balaban J connectivity index is 1.72. The zero-order valence-electron chi connectivity index (χ0n) is 15.2. The van der Waals surface area contributed by atoms with Gasteiger partial charge in [-0.1, -0.05) is 63.2 Å². The topological polar surface area (TPSA) is 13.1 Å². The van der Waals surface area contributed by atoms with Crippen LogP contribution in [0.4, 0.5) is 0 Å². The molecule has 0 saturated heterocycles. The summed E-state index contributed by atoms with van der Waals surface area (Å²) < 4.78 is 5.97. The van der Waals surface area contributed by atoms with Gasteiger partial charge in [-0.3, -0.25) is 0 Å². The molecule has 1 nitrogen and oxygen atoms in total. The van der Waals surface area contributed by atoms with Crippen LogP contribution in [0.25, 0.3) is 22.8 Å². The Labute approximate surface area is 150 Å². The highest BCUT2D eigenvalue weighted by atomic mass is 16.3. The van der Waals surface area contributed by atoms with Crippen LogP contribution in [-0.4, -0.2) is 0 Å². The van der Waals surface area contributed by atoms with Gasteiger partial charge in [-0.15, -0.1) is 0 Å². The molecule has 0 aliphatic heterocycles. The van der Waals surface area contributed by atoms with Crippen molar-refractivity contribution in [3.63, 3.8) is 0 Å². The lowest BCUT2D eigenvalue weighted by atomic mass is 9.94. The first-order valence-electron chi connectivity index (χ1n) is 9.17. The SMILES string of the molecule is CCc1ccc(C2=Cc3c(cccc3-c3ccc(C(C)C)cc3)C2)o1. The smallest absolute Gasteiger partial charge is 0.130 e. The Morgan fingerprint density at radius 2 is 1.76 bits per heavy atom. The molecule has 0 saturated carbocycles. The molecule has 1 aliphatic rings. The molecule has 0 amide bonds. The molecule has 3 aromatic rings. The van der Waals surface area contributed by atoms with Gasteiger partial charge in [0.1, 0.15) is 11.5 Å². The van der Waals surface area contributed by atoms with Gasteiger partial charge in [0.15, 0.2) is 0 Å². The zero-order valence-corrected chi connectivity index (χ0v) is 15.2. The van der Waals surface area contributed by atoms with E-state index >= 15 is 0 Å². The van der Waals surface area contributed by atoms with E-state index < -0.39 is 0 Å². The molecule has 0 atom stereocenters. The summed E-state index contributed by atoms with van der Waals surface area (Å²) in [6, 6.07) is 19.8. The number of allylic oxidation sites excluding steroid dienone is 1. The Bertz CT molecular complexity index is 923. The average Bonchev–Trinajstić information content (AvgIpc) is 3.27. The highest BCUT2D eigenvalue weighted by Crippen LogP contribution is 2.38. The maximum Gasteiger partial charge on any atom is 0.130 e.